The number of hydrogen-bond acceptors (Lipinski definition) is 3. The fourth-order valence-electron chi connectivity index (χ4n) is 2.76. The van der Waals surface area contributed by atoms with Gasteiger partial charge in [0.25, 0.3) is 0 Å². The summed E-state index contributed by atoms with van der Waals surface area (Å²) >= 11 is 0. The maximum atomic E-state index is 7.49. The normalized spacial score (nSPS) is 20.4. The maximum absolute atomic E-state index is 7.49. The molecule has 1 aromatic rings. The van der Waals surface area contributed by atoms with Crippen LogP contribution < -0.4 is 5.73 Å². The minimum absolute atomic E-state index is 0.137. The standard InChI is InChI=1S/C15H23N3O/c1-19-11-13-5-3-7-18(10-13)9-12-4-2-6-14(8-12)15(16)17/h2,4,6,8,13H,3,5,7,9-11H2,1H3,(H3,16,17). The minimum Gasteiger partial charge on any atom is -0.384 e. The largest absolute Gasteiger partial charge is 0.384 e. The number of benzene rings is 1. The van der Waals surface area contributed by atoms with Gasteiger partial charge in [0.15, 0.2) is 0 Å². The molecule has 0 amide bonds. The zero-order valence-electron chi connectivity index (χ0n) is 11.6. The zero-order valence-corrected chi connectivity index (χ0v) is 11.6. The molecule has 2 rings (SSSR count). The highest BCUT2D eigenvalue weighted by Gasteiger charge is 2.19. The summed E-state index contributed by atoms with van der Waals surface area (Å²) in [4.78, 5) is 2.46. The van der Waals surface area contributed by atoms with Gasteiger partial charge < -0.3 is 10.5 Å². The SMILES string of the molecule is COCC1CCCN(Cc2cccc(C(=N)N)c2)C1. The Bertz CT molecular complexity index is 431. The van der Waals surface area contributed by atoms with Gasteiger partial charge in [-0.2, -0.15) is 0 Å². The second kappa shape index (κ2) is 6.68. The van der Waals surface area contributed by atoms with E-state index in [0.29, 0.717) is 5.92 Å². The van der Waals surface area contributed by atoms with Gasteiger partial charge in [-0.25, -0.2) is 0 Å². The maximum Gasteiger partial charge on any atom is 0.122 e. The Kier molecular flexibility index (Phi) is 4.93. The quantitative estimate of drug-likeness (QED) is 0.628. The molecule has 0 spiro atoms. The summed E-state index contributed by atoms with van der Waals surface area (Å²) in [5, 5.41) is 7.49. The van der Waals surface area contributed by atoms with Crippen LogP contribution in [0.2, 0.25) is 0 Å². The van der Waals surface area contributed by atoms with Crippen LogP contribution in [0.3, 0.4) is 0 Å². The van der Waals surface area contributed by atoms with E-state index in [2.05, 4.69) is 11.0 Å². The van der Waals surface area contributed by atoms with E-state index in [1.54, 1.807) is 7.11 Å². The number of amidine groups is 1. The molecule has 1 aliphatic rings. The lowest BCUT2D eigenvalue weighted by Gasteiger charge is -2.32. The highest BCUT2D eigenvalue weighted by atomic mass is 16.5. The predicted octanol–water partition coefficient (Wildman–Crippen LogP) is 1.83. The van der Waals surface area contributed by atoms with Gasteiger partial charge in [0.05, 0.1) is 6.61 Å². The van der Waals surface area contributed by atoms with E-state index in [0.717, 1.165) is 31.8 Å². The Morgan fingerprint density at radius 3 is 3.11 bits per heavy atom. The van der Waals surface area contributed by atoms with E-state index >= 15 is 0 Å². The third kappa shape index (κ3) is 4.04. The lowest BCUT2D eigenvalue weighted by molar-refractivity contribution is 0.0874. The number of nitrogens with zero attached hydrogens (tertiary/aromatic N) is 1. The van der Waals surface area contributed by atoms with E-state index in [-0.39, 0.29) is 5.84 Å². The monoisotopic (exact) mass is 261 g/mol. The van der Waals surface area contributed by atoms with Crippen LogP contribution in [0.15, 0.2) is 24.3 Å². The average molecular weight is 261 g/mol. The van der Waals surface area contributed by atoms with Gasteiger partial charge in [0.2, 0.25) is 0 Å². The fraction of sp³-hybridized carbons (Fsp3) is 0.533. The van der Waals surface area contributed by atoms with Crippen LogP contribution in [-0.4, -0.2) is 37.5 Å². The van der Waals surface area contributed by atoms with Crippen molar-refractivity contribution in [3.8, 4) is 0 Å². The molecule has 19 heavy (non-hydrogen) atoms. The highest BCUT2D eigenvalue weighted by Crippen LogP contribution is 2.19. The Morgan fingerprint density at radius 1 is 1.53 bits per heavy atom. The molecule has 0 aromatic heterocycles. The summed E-state index contributed by atoms with van der Waals surface area (Å²) in [5.74, 6) is 0.785. The number of nitrogens with two attached hydrogens (primary N) is 1. The Morgan fingerprint density at radius 2 is 2.37 bits per heavy atom. The summed E-state index contributed by atoms with van der Waals surface area (Å²) < 4.78 is 5.26. The Labute approximate surface area is 115 Å². The van der Waals surface area contributed by atoms with E-state index in [9.17, 15) is 0 Å². The van der Waals surface area contributed by atoms with Crippen LogP contribution in [-0.2, 0) is 11.3 Å². The van der Waals surface area contributed by atoms with Crippen molar-refractivity contribution in [1.82, 2.24) is 4.90 Å². The molecule has 1 heterocycles. The molecule has 0 radical (unpaired) electrons. The number of ether oxygens (including phenoxy) is 1. The molecule has 1 fully saturated rings. The van der Waals surface area contributed by atoms with Gasteiger partial charge in [-0.1, -0.05) is 18.2 Å². The van der Waals surface area contributed by atoms with E-state index in [1.165, 1.54) is 18.4 Å². The molecule has 104 valence electrons. The van der Waals surface area contributed by atoms with Gasteiger partial charge in [-0.3, -0.25) is 10.3 Å². The molecule has 1 aromatic carbocycles. The molecule has 3 N–H and O–H groups in total. The predicted molar refractivity (Wildman–Crippen MR) is 77.3 cm³/mol. The van der Waals surface area contributed by atoms with Crippen LogP contribution >= 0.6 is 0 Å². The van der Waals surface area contributed by atoms with Crippen LogP contribution in [0.5, 0.6) is 0 Å². The third-order valence-corrected chi connectivity index (χ3v) is 3.65. The van der Waals surface area contributed by atoms with Gasteiger partial charge in [0.1, 0.15) is 5.84 Å². The summed E-state index contributed by atoms with van der Waals surface area (Å²) in [7, 11) is 1.77. The lowest BCUT2D eigenvalue weighted by Crippen LogP contribution is -2.36. The summed E-state index contributed by atoms with van der Waals surface area (Å²) in [6.45, 7) is 4.02. The minimum atomic E-state index is 0.137. The summed E-state index contributed by atoms with van der Waals surface area (Å²) in [6.07, 6.45) is 2.50. The van der Waals surface area contributed by atoms with Crippen molar-refractivity contribution >= 4 is 5.84 Å². The van der Waals surface area contributed by atoms with Crippen molar-refractivity contribution < 1.29 is 4.74 Å². The van der Waals surface area contributed by atoms with E-state index in [1.807, 2.05) is 18.2 Å². The van der Waals surface area contributed by atoms with Crippen molar-refractivity contribution in [3.63, 3.8) is 0 Å². The van der Waals surface area contributed by atoms with Gasteiger partial charge >= 0.3 is 0 Å². The molecular formula is C15H23N3O. The summed E-state index contributed by atoms with van der Waals surface area (Å²) in [5.41, 5.74) is 7.57. The number of hydrogen-bond donors (Lipinski definition) is 2. The molecular weight excluding hydrogens is 238 g/mol. The molecule has 0 saturated carbocycles. The van der Waals surface area contributed by atoms with Crippen molar-refractivity contribution in [2.24, 2.45) is 11.7 Å². The molecule has 1 unspecified atom stereocenters. The number of piperidine rings is 1. The van der Waals surface area contributed by atoms with Crippen molar-refractivity contribution in [2.45, 2.75) is 19.4 Å². The van der Waals surface area contributed by atoms with Crippen LogP contribution in [0, 0.1) is 11.3 Å². The first-order chi connectivity index (χ1) is 9.19. The highest BCUT2D eigenvalue weighted by molar-refractivity contribution is 5.95. The van der Waals surface area contributed by atoms with Crippen molar-refractivity contribution in [1.29, 1.82) is 5.41 Å². The van der Waals surface area contributed by atoms with Crippen molar-refractivity contribution in [2.75, 3.05) is 26.8 Å². The van der Waals surface area contributed by atoms with E-state index in [4.69, 9.17) is 15.9 Å². The Hall–Kier alpha value is -1.39. The first kappa shape index (κ1) is 14.0. The van der Waals surface area contributed by atoms with Crippen LogP contribution in [0.1, 0.15) is 24.0 Å². The molecule has 1 atom stereocenters. The molecule has 1 saturated heterocycles. The van der Waals surface area contributed by atoms with Crippen LogP contribution in [0.25, 0.3) is 0 Å². The fourth-order valence-corrected chi connectivity index (χ4v) is 2.76. The van der Waals surface area contributed by atoms with Gasteiger partial charge in [0, 0.05) is 25.8 Å². The molecule has 0 aliphatic carbocycles. The van der Waals surface area contributed by atoms with Gasteiger partial charge in [-0.15, -0.1) is 0 Å². The third-order valence-electron chi connectivity index (χ3n) is 3.65. The van der Waals surface area contributed by atoms with Crippen molar-refractivity contribution in [3.05, 3.63) is 35.4 Å². The molecule has 4 nitrogen and oxygen atoms in total. The first-order valence-corrected chi connectivity index (χ1v) is 6.83. The van der Waals surface area contributed by atoms with Gasteiger partial charge in [-0.05, 0) is 36.9 Å². The Balaban J connectivity index is 1.96. The number of likely N-dealkylation sites (tertiary alicyclic amines) is 1. The number of methoxy groups -OCH3 is 1. The topological polar surface area (TPSA) is 62.3 Å². The molecule has 1 aliphatic heterocycles. The summed E-state index contributed by atoms with van der Waals surface area (Å²) in [6, 6.07) is 7.98. The molecule has 4 heteroatoms. The first-order valence-electron chi connectivity index (χ1n) is 6.83. The second-order valence-corrected chi connectivity index (χ2v) is 5.31. The second-order valence-electron chi connectivity index (χ2n) is 5.31. The zero-order chi connectivity index (χ0) is 13.7. The molecule has 0 bridgehead atoms. The smallest absolute Gasteiger partial charge is 0.122 e. The average Bonchev–Trinajstić information content (AvgIpc) is 2.40. The lowest BCUT2D eigenvalue weighted by atomic mass is 9.98. The number of nitrogens with one attached hydrogen (secondary N) is 1. The van der Waals surface area contributed by atoms with E-state index < -0.39 is 0 Å². The van der Waals surface area contributed by atoms with Crippen LogP contribution in [0.4, 0.5) is 0 Å². The number of nitrogen functional groups attached to an aromatic ring is 1. The number of rotatable bonds is 5.